The molecule has 0 aromatic rings. The van der Waals surface area contributed by atoms with E-state index < -0.39 is 0 Å². The van der Waals surface area contributed by atoms with Crippen molar-refractivity contribution in [3.05, 3.63) is 0 Å². The van der Waals surface area contributed by atoms with Gasteiger partial charge in [-0.1, -0.05) is 6.42 Å². The average Bonchev–Trinajstić information content (AvgIpc) is 2.17. The molecular weight excluding hydrogens is 170 g/mol. The highest BCUT2D eigenvalue weighted by molar-refractivity contribution is 7.94. The molecule has 12 heavy (non-hydrogen) atoms. The standard InChI is InChI=1S/C9H15NOS/c11-12-8-5-1-3-7-4-2-6-10-9(7)8/h6-9,11H,1-5H2. The van der Waals surface area contributed by atoms with Gasteiger partial charge >= 0.3 is 0 Å². The Balaban J connectivity index is 2.07. The van der Waals surface area contributed by atoms with E-state index in [1.807, 2.05) is 6.21 Å². The van der Waals surface area contributed by atoms with Crippen LogP contribution in [-0.2, 0) is 0 Å². The molecule has 0 bridgehead atoms. The first-order chi connectivity index (χ1) is 5.92. The molecule has 2 nitrogen and oxygen atoms in total. The normalized spacial score (nSPS) is 40.9. The van der Waals surface area contributed by atoms with Crippen LogP contribution in [0.25, 0.3) is 0 Å². The lowest BCUT2D eigenvalue weighted by atomic mass is 9.80. The van der Waals surface area contributed by atoms with E-state index in [0.29, 0.717) is 11.3 Å². The maximum atomic E-state index is 9.07. The van der Waals surface area contributed by atoms with Crippen LogP contribution in [0.1, 0.15) is 32.1 Å². The monoisotopic (exact) mass is 185 g/mol. The van der Waals surface area contributed by atoms with Crippen LogP contribution < -0.4 is 0 Å². The van der Waals surface area contributed by atoms with Crippen LogP contribution in [-0.4, -0.2) is 22.1 Å². The highest BCUT2D eigenvalue weighted by Crippen LogP contribution is 2.37. The van der Waals surface area contributed by atoms with Gasteiger partial charge in [-0.15, -0.1) is 0 Å². The fourth-order valence-corrected chi connectivity index (χ4v) is 3.05. The molecule has 3 heteroatoms. The first-order valence-electron chi connectivity index (χ1n) is 4.73. The minimum Gasteiger partial charge on any atom is -0.330 e. The summed E-state index contributed by atoms with van der Waals surface area (Å²) in [6.07, 6.45) is 8.19. The van der Waals surface area contributed by atoms with Crippen LogP contribution in [0.2, 0.25) is 0 Å². The largest absolute Gasteiger partial charge is 0.330 e. The van der Waals surface area contributed by atoms with Gasteiger partial charge in [0.15, 0.2) is 0 Å². The number of fused-ring (bicyclic) bond motifs is 1. The number of nitrogens with zero attached hydrogens (tertiary/aromatic N) is 1. The highest BCUT2D eigenvalue weighted by atomic mass is 32.2. The Hall–Kier alpha value is -0.0200. The molecule has 0 spiro atoms. The summed E-state index contributed by atoms with van der Waals surface area (Å²) < 4.78 is 9.07. The zero-order chi connectivity index (χ0) is 8.39. The summed E-state index contributed by atoms with van der Waals surface area (Å²) in [6, 6.07) is 0.419. The lowest BCUT2D eigenvalue weighted by Crippen LogP contribution is -2.36. The van der Waals surface area contributed by atoms with Gasteiger partial charge < -0.3 is 4.55 Å². The molecule has 3 atom stereocenters. The Morgan fingerprint density at radius 3 is 3.08 bits per heavy atom. The molecule has 1 aliphatic heterocycles. The van der Waals surface area contributed by atoms with Crippen LogP contribution in [0.15, 0.2) is 4.99 Å². The van der Waals surface area contributed by atoms with Crippen LogP contribution in [0.4, 0.5) is 0 Å². The van der Waals surface area contributed by atoms with Gasteiger partial charge in [0, 0.05) is 0 Å². The summed E-state index contributed by atoms with van der Waals surface area (Å²) >= 11 is 1.02. The van der Waals surface area contributed by atoms with E-state index in [4.69, 9.17) is 4.55 Å². The molecule has 0 radical (unpaired) electrons. The van der Waals surface area contributed by atoms with E-state index in [0.717, 1.165) is 30.8 Å². The molecular formula is C9H15NOS. The summed E-state index contributed by atoms with van der Waals surface area (Å²) in [4.78, 5) is 4.50. The van der Waals surface area contributed by atoms with Gasteiger partial charge in [-0.3, -0.25) is 4.99 Å². The molecule has 2 aliphatic rings. The van der Waals surface area contributed by atoms with Crippen LogP contribution in [0.5, 0.6) is 0 Å². The Kier molecular flexibility index (Phi) is 2.71. The summed E-state index contributed by atoms with van der Waals surface area (Å²) in [5.41, 5.74) is 0. The molecule has 1 saturated carbocycles. The first kappa shape index (κ1) is 8.57. The van der Waals surface area contributed by atoms with Crippen molar-refractivity contribution < 1.29 is 4.55 Å². The van der Waals surface area contributed by atoms with E-state index in [2.05, 4.69) is 4.99 Å². The van der Waals surface area contributed by atoms with Gasteiger partial charge in [-0.2, -0.15) is 0 Å². The number of rotatable bonds is 1. The molecule has 0 aromatic heterocycles. The van der Waals surface area contributed by atoms with Crippen molar-refractivity contribution in [2.45, 2.75) is 43.4 Å². The molecule has 1 aliphatic carbocycles. The third kappa shape index (κ3) is 1.52. The van der Waals surface area contributed by atoms with Gasteiger partial charge in [0.2, 0.25) is 0 Å². The molecule has 1 fully saturated rings. The van der Waals surface area contributed by atoms with Crippen molar-refractivity contribution >= 4 is 18.3 Å². The van der Waals surface area contributed by atoms with Gasteiger partial charge in [0.25, 0.3) is 0 Å². The van der Waals surface area contributed by atoms with Crippen molar-refractivity contribution in [1.29, 1.82) is 0 Å². The fourth-order valence-electron chi connectivity index (χ4n) is 2.36. The molecule has 0 aromatic carbocycles. The van der Waals surface area contributed by atoms with Gasteiger partial charge in [0.05, 0.1) is 11.3 Å². The fraction of sp³-hybridized carbons (Fsp3) is 0.889. The average molecular weight is 185 g/mol. The Morgan fingerprint density at radius 2 is 2.25 bits per heavy atom. The number of hydrogen-bond acceptors (Lipinski definition) is 3. The topological polar surface area (TPSA) is 32.6 Å². The third-order valence-electron chi connectivity index (χ3n) is 3.01. The van der Waals surface area contributed by atoms with E-state index in [1.54, 1.807) is 0 Å². The van der Waals surface area contributed by atoms with Crippen molar-refractivity contribution in [3.8, 4) is 0 Å². The molecule has 0 saturated heterocycles. The van der Waals surface area contributed by atoms with Crippen LogP contribution in [0, 0.1) is 5.92 Å². The Morgan fingerprint density at radius 1 is 1.33 bits per heavy atom. The van der Waals surface area contributed by atoms with Crippen molar-refractivity contribution in [2.24, 2.45) is 10.9 Å². The maximum absolute atomic E-state index is 9.07. The minimum absolute atomic E-state index is 0.375. The zero-order valence-electron chi connectivity index (χ0n) is 7.15. The quantitative estimate of drug-likeness (QED) is 0.637. The number of aliphatic imine (C=N–C) groups is 1. The SMILES string of the molecule is OSC1CCCC2CCC=NC21. The summed E-state index contributed by atoms with van der Waals surface area (Å²) in [5.74, 6) is 0.758. The zero-order valence-corrected chi connectivity index (χ0v) is 7.96. The second kappa shape index (κ2) is 3.79. The van der Waals surface area contributed by atoms with E-state index >= 15 is 0 Å². The van der Waals surface area contributed by atoms with E-state index in [9.17, 15) is 0 Å². The van der Waals surface area contributed by atoms with E-state index in [1.165, 1.54) is 19.3 Å². The molecule has 1 N–H and O–H groups in total. The summed E-state index contributed by atoms with van der Waals surface area (Å²) in [7, 11) is 0. The lowest BCUT2D eigenvalue weighted by Gasteiger charge is -2.35. The van der Waals surface area contributed by atoms with Crippen molar-refractivity contribution in [2.75, 3.05) is 0 Å². The molecule has 2 rings (SSSR count). The van der Waals surface area contributed by atoms with Crippen molar-refractivity contribution in [1.82, 2.24) is 0 Å². The second-order valence-electron chi connectivity index (χ2n) is 3.73. The minimum atomic E-state index is 0.375. The van der Waals surface area contributed by atoms with Gasteiger partial charge in [0.1, 0.15) is 0 Å². The van der Waals surface area contributed by atoms with E-state index in [-0.39, 0.29) is 0 Å². The van der Waals surface area contributed by atoms with Gasteiger partial charge in [-0.05, 0) is 49.9 Å². The molecule has 68 valence electrons. The smallest absolute Gasteiger partial charge is 0.0664 e. The molecule has 0 amide bonds. The second-order valence-corrected chi connectivity index (χ2v) is 4.55. The third-order valence-corrected chi connectivity index (χ3v) is 3.79. The number of hydrogen-bond donors (Lipinski definition) is 1. The lowest BCUT2D eigenvalue weighted by molar-refractivity contribution is 0.293. The van der Waals surface area contributed by atoms with Gasteiger partial charge in [-0.25, -0.2) is 0 Å². The van der Waals surface area contributed by atoms with Crippen LogP contribution >= 0.6 is 12.0 Å². The maximum Gasteiger partial charge on any atom is 0.0664 e. The Bertz CT molecular complexity index is 183. The summed E-state index contributed by atoms with van der Waals surface area (Å²) in [6.45, 7) is 0. The first-order valence-corrected chi connectivity index (χ1v) is 5.57. The molecule has 3 unspecified atom stereocenters. The van der Waals surface area contributed by atoms with Crippen LogP contribution in [0.3, 0.4) is 0 Å². The predicted octanol–water partition coefficient (Wildman–Crippen LogP) is 2.59. The van der Waals surface area contributed by atoms with Crippen molar-refractivity contribution in [3.63, 3.8) is 0 Å². The Labute approximate surface area is 77.7 Å². The molecule has 1 heterocycles. The summed E-state index contributed by atoms with van der Waals surface area (Å²) in [5, 5.41) is 0.375. The highest BCUT2D eigenvalue weighted by Gasteiger charge is 2.34. The predicted molar refractivity (Wildman–Crippen MR) is 52.9 cm³/mol.